The minimum atomic E-state index is -4.91. The van der Waals surface area contributed by atoms with Crippen LogP contribution in [0.4, 0.5) is 18.0 Å². The van der Waals surface area contributed by atoms with Crippen molar-refractivity contribution in [2.45, 2.75) is 39.0 Å². The second-order valence-electron chi connectivity index (χ2n) is 5.54. The van der Waals surface area contributed by atoms with E-state index >= 15 is 0 Å². The molecule has 1 fully saturated rings. The van der Waals surface area contributed by atoms with Gasteiger partial charge in [0.15, 0.2) is 5.41 Å². The Balaban J connectivity index is 2.87. The first-order valence-corrected chi connectivity index (χ1v) is 5.67. The van der Waals surface area contributed by atoms with Crippen LogP contribution in [0.5, 0.6) is 0 Å². The van der Waals surface area contributed by atoms with Crippen molar-refractivity contribution < 1.29 is 32.6 Å². The molecule has 5 nitrogen and oxygen atoms in total. The third-order valence-electron chi connectivity index (χ3n) is 2.87. The number of amides is 1. The first-order valence-electron chi connectivity index (χ1n) is 5.67. The molecule has 8 heteroatoms. The largest absolute Gasteiger partial charge is 0.481 e. The number of likely N-dealkylation sites (tertiary alicyclic amines) is 1. The van der Waals surface area contributed by atoms with Gasteiger partial charge in [0.1, 0.15) is 5.60 Å². The normalized spacial score (nSPS) is 24.4. The number of nitrogens with zero attached hydrogens (tertiary/aromatic N) is 1. The van der Waals surface area contributed by atoms with Crippen LogP contribution in [-0.2, 0) is 9.53 Å². The molecule has 1 atom stereocenters. The van der Waals surface area contributed by atoms with E-state index in [1.165, 1.54) is 0 Å². The lowest BCUT2D eigenvalue weighted by Crippen LogP contribution is -2.48. The van der Waals surface area contributed by atoms with Gasteiger partial charge in [0.25, 0.3) is 0 Å². The summed E-state index contributed by atoms with van der Waals surface area (Å²) in [4.78, 5) is 23.4. The van der Waals surface area contributed by atoms with E-state index in [4.69, 9.17) is 9.84 Å². The second-order valence-corrected chi connectivity index (χ2v) is 5.54. The fourth-order valence-corrected chi connectivity index (χ4v) is 1.82. The summed E-state index contributed by atoms with van der Waals surface area (Å²) in [7, 11) is 0. The maximum absolute atomic E-state index is 12.9. The first kappa shape index (κ1) is 15.6. The van der Waals surface area contributed by atoms with Crippen molar-refractivity contribution >= 4 is 12.1 Å². The predicted octanol–water partition coefficient (Wildman–Crippen LogP) is 2.26. The zero-order chi connectivity index (χ0) is 15.1. The molecule has 0 radical (unpaired) electrons. The molecule has 1 N–H and O–H groups in total. The van der Waals surface area contributed by atoms with Crippen LogP contribution in [0, 0.1) is 5.41 Å². The minimum absolute atomic E-state index is 0.291. The maximum atomic E-state index is 12.9. The summed E-state index contributed by atoms with van der Waals surface area (Å²) in [6, 6.07) is 0. The predicted molar refractivity (Wildman–Crippen MR) is 58.5 cm³/mol. The number of aliphatic carboxylic acids is 1. The van der Waals surface area contributed by atoms with E-state index in [9.17, 15) is 22.8 Å². The molecule has 1 heterocycles. The fourth-order valence-electron chi connectivity index (χ4n) is 1.82. The Labute approximate surface area is 108 Å². The van der Waals surface area contributed by atoms with Crippen LogP contribution in [0.1, 0.15) is 27.2 Å². The van der Waals surface area contributed by atoms with Crippen molar-refractivity contribution in [3.05, 3.63) is 0 Å². The van der Waals surface area contributed by atoms with Crippen molar-refractivity contribution in [3.63, 3.8) is 0 Å². The quantitative estimate of drug-likeness (QED) is 0.801. The summed E-state index contributed by atoms with van der Waals surface area (Å²) >= 11 is 0. The van der Waals surface area contributed by atoms with Crippen LogP contribution in [-0.4, -0.2) is 46.9 Å². The molecule has 0 aromatic heterocycles. The van der Waals surface area contributed by atoms with Crippen molar-refractivity contribution in [1.82, 2.24) is 4.90 Å². The number of carbonyl (C=O) groups excluding carboxylic acids is 1. The molecule has 19 heavy (non-hydrogen) atoms. The lowest BCUT2D eigenvalue weighted by molar-refractivity contribution is -0.227. The lowest BCUT2D eigenvalue weighted by Gasteiger charge is -2.28. The third-order valence-corrected chi connectivity index (χ3v) is 2.87. The number of carboxylic acids is 1. The van der Waals surface area contributed by atoms with E-state index in [-0.39, 0.29) is 6.54 Å². The summed E-state index contributed by atoms with van der Waals surface area (Å²) < 4.78 is 43.6. The smallest absolute Gasteiger partial charge is 0.410 e. The summed E-state index contributed by atoms with van der Waals surface area (Å²) in [6.07, 6.45) is -6.50. The molecule has 0 spiro atoms. The van der Waals surface area contributed by atoms with Crippen LogP contribution in [0.2, 0.25) is 0 Å². The van der Waals surface area contributed by atoms with E-state index in [1.54, 1.807) is 20.8 Å². The molecule has 0 aromatic rings. The highest BCUT2D eigenvalue weighted by Gasteiger charge is 2.64. The fraction of sp³-hybridized carbons (Fsp3) is 0.818. The molecule has 1 rings (SSSR count). The van der Waals surface area contributed by atoms with Gasteiger partial charge in [0, 0.05) is 13.1 Å². The Bertz CT molecular complexity index is 388. The zero-order valence-corrected chi connectivity index (χ0v) is 10.9. The molecule has 1 saturated heterocycles. The van der Waals surface area contributed by atoms with E-state index in [2.05, 4.69) is 0 Å². The van der Waals surface area contributed by atoms with Gasteiger partial charge in [-0.3, -0.25) is 4.79 Å². The van der Waals surface area contributed by atoms with Crippen LogP contribution in [0.3, 0.4) is 0 Å². The minimum Gasteiger partial charge on any atom is -0.481 e. The van der Waals surface area contributed by atoms with Gasteiger partial charge in [0.05, 0.1) is 0 Å². The van der Waals surface area contributed by atoms with Gasteiger partial charge < -0.3 is 14.7 Å². The van der Waals surface area contributed by atoms with E-state index in [0.29, 0.717) is 0 Å². The van der Waals surface area contributed by atoms with Crippen LogP contribution in [0.15, 0.2) is 0 Å². The molecule has 110 valence electrons. The molecule has 1 amide bonds. The SMILES string of the molecule is CC(C)(C)OC(=O)N1CC[C@@](C(=O)O)(C(F)(F)F)C1. The topological polar surface area (TPSA) is 66.8 Å². The van der Waals surface area contributed by atoms with Gasteiger partial charge in [-0.25, -0.2) is 4.79 Å². The average Bonchev–Trinajstić information content (AvgIpc) is 2.58. The number of hydrogen-bond donors (Lipinski definition) is 1. The Morgan fingerprint density at radius 2 is 1.79 bits per heavy atom. The highest BCUT2D eigenvalue weighted by atomic mass is 19.4. The van der Waals surface area contributed by atoms with Gasteiger partial charge in [-0.1, -0.05) is 0 Å². The summed E-state index contributed by atoms with van der Waals surface area (Å²) in [6.45, 7) is 3.53. The molecule has 0 bridgehead atoms. The Morgan fingerprint density at radius 1 is 1.26 bits per heavy atom. The molecule has 0 aromatic carbocycles. The molecule has 0 unspecified atom stereocenters. The zero-order valence-electron chi connectivity index (χ0n) is 10.9. The Hall–Kier alpha value is -1.47. The monoisotopic (exact) mass is 283 g/mol. The first-order chi connectivity index (χ1) is 8.39. The lowest BCUT2D eigenvalue weighted by atomic mass is 9.86. The number of carboxylic acid groups (broad SMARTS) is 1. The highest BCUT2D eigenvalue weighted by Crippen LogP contribution is 2.45. The average molecular weight is 283 g/mol. The number of hydrogen-bond acceptors (Lipinski definition) is 3. The number of rotatable bonds is 1. The van der Waals surface area contributed by atoms with Crippen LogP contribution < -0.4 is 0 Å². The van der Waals surface area contributed by atoms with Crippen molar-refractivity contribution in [2.75, 3.05) is 13.1 Å². The summed E-state index contributed by atoms with van der Waals surface area (Å²) in [5.74, 6) is -1.97. The number of alkyl halides is 3. The Morgan fingerprint density at radius 3 is 2.11 bits per heavy atom. The number of ether oxygens (including phenoxy) is 1. The highest BCUT2D eigenvalue weighted by molar-refractivity contribution is 5.79. The van der Waals surface area contributed by atoms with Crippen LogP contribution in [0.25, 0.3) is 0 Å². The van der Waals surface area contributed by atoms with Crippen LogP contribution >= 0.6 is 0 Å². The van der Waals surface area contributed by atoms with Gasteiger partial charge in [-0.15, -0.1) is 0 Å². The number of carbonyl (C=O) groups is 2. The van der Waals surface area contributed by atoms with Gasteiger partial charge >= 0.3 is 18.2 Å². The van der Waals surface area contributed by atoms with E-state index in [0.717, 1.165) is 4.90 Å². The van der Waals surface area contributed by atoms with Crippen molar-refractivity contribution in [3.8, 4) is 0 Å². The van der Waals surface area contributed by atoms with Crippen molar-refractivity contribution in [1.29, 1.82) is 0 Å². The standard InChI is InChI=1S/C11H16F3NO4/c1-9(2,3)19-8(18)15-5-4-10(6-15,7(16)17)11(12,13)14/h4-6H2,1-3H3,(H,16,17)/t10-/m1/s1. The molecular weight excluding hydrogens is 267 g/mol. The third kappa shape index (κ3) is 3.10. The van der Waals surface area contributed by atoms with E-state index < -0.39 is 42.2 Å². The van der Waals surface area contributed by atoms with E-state index in [1.807, 2.05) is 0 Å². The van der Waals surface area contributed by atoms with Gasteiger partial charge in [-0.2, -0.15) is 13.2 Å². The van der Waals surface area contributed by atoms with Gasteiger partial charge in [-0.05, 0) is 27.2 Å². The molecular formula is C11H16F3NO4. The molecule has 0 aliphatic carbocycles. The van der Waals surface area contributed by atoms with Gasteiger partial charge in [0.2, 0.25) is 0 Å². The molecule has 1 aliphatic rings. The maximum Gasteiger partial charge on any atom is 0.410 e. The van der Waals surface area contributed by atoms with Crippen molar-refractivity contribution in [2.24, 2.45) is 5.41 Å². The second kappa shape index (κ2) is 4.57. The molecule has 1 aliphatic heterocycles. The summed E-state index contributed by atoms with van der Waals surface area (Å²) in [5, 5.41) is 8.83. The molecule has 0 saturated carbocycles. The Kier molecular flexibility index (Phi) is 3.75. The summed E-state index contributed by atoms with van der Waals surface area (Å²) in [5.41, 5.74) is -3.74. The number of halogens is 3.